The van der Waals surface area contributed by atoms with Gasteiger partial charge in [0.15, 0.2) is 0 Å². The van der Waals surface area contributed by atoms with Crippen LogP contribution in [0.4, 0.5) is 0 Å². The topological polar surface area (TPSA) is 73.9 Å². The van der Waals surface area contributed by atoms with Crippen LogP contribution in [0.1, 0.15) is 17.9 Å². The highest BCUT2D eigenvalue weighted by molar-refractivity contribution is 7.87. The highest BCUT2D eigenvalue weighted by Crippen LogP contribution is 2.43. The number of nitrogens with one attached hydrogen (secondary N) is 1. The maximum absolute atomic E-state index is 12.5. The van der Waals surface area contributed by atoms with Crippen molar-refractivity contribution in [1.82, 2.24) is 5.32 Å². The Morgan fingerprint density at radius 3 is 2.88 bits per heavy atom. The van der Waals surface area contributed by atoms with Crippen LogP contribution in [0.3, 0.4) is 0 Å². The van der Waals surface area contributed by atoms with E-state index in [-0.39, 0.29) is 16.7 Å². The van der Waals surface area contributed by atoms with E-state index in [0.29, 0.717) is 17.4 Å². The molecule has 7 heteroatoms. The van der Waals surface area contributed by atoms with E-state index in [1.165, 1.54) is 19.2 Å². The van der Waals surface area contributed by atoms with Crippen LogP contribution >= 0.6 is 0 Å². The number of piperidine rings is 1. The van der Waals surface area contributed by atoms with E-state index >= 15 is 0 Å². The van der Waals surface area contributed by atoms with Crippen LogP contribution in [0.25, 0.3) is 0 Å². The number of benzene rings is 2. The minimum atomic E-state index is -3.94. The molecule has 2 atom stereocenters. The lowest BCUT2D eigenvalue weighted by molar-refractivity contribution is 0.176. The monoisotopic (exact) mass is 361 g/mol. The third-order valence-electron chi connectivity index (χ3n) is 4.63. The first-order valence-corrected chi connectivity index (χ1v) is 9.57. The van der Waals surface area contributed by atoms with E-state index in [0.717, 1.165) is 25.1 Å². The van der Waals surface area contributed by atoms with Gasteiger partial charge in [-0.25, -0.2) is 0 Å². The minimum absolute atomic E-state index is 0.0473. The Morgan fingerprint density at radius 2 is 2.04 bits per heavy atom. The molecular formula is C18H19NO5S. The van der Waals surface area contributed by atoms with Gasteiger partial charge in [-0.15, -0.1) is 0 Å². The average molecular weight is 361 g/mol. The molecule has 0 saturated carbocycles. The van der Waals surface area contributed by atoms with Crippen molar-refractivity contribution in [2.24, 2.45) is 0 Å². The highest BCUT2D eigenvalue weighted by Gasteiger charge is 2.36. The van der Waals surface area contributed by atoms with Crippen LogP contribution < -0.4 is 19.0 Å². The molecule has 2 unspecified atom stereocenters. The Balaban J connectivity index is 1.59. The largest absolute Gasteiger partial charge is 0.497 e. The fourth-order valence-electron chi connectivity index (χ4n) is 3.38. The lowest BCUT2D eigenvalue weighted by Gasteiger charge is -2.24. The summed E-state index contributed by atoms with van der Waals surface area (Å²) in [6, 6.07) is 11.4. The number of ether oxygens (including phenoxy) is 2. The molecule has 25 heavy (non-hydrogen) atoms. The van der Waals surface area contributed by atoms with Gasteiger partial charge in [-0.05, 0) is 31.2 Å². The number of hydrogen-bond donors (Lipinski definition) is 1. The average Bonchev–Trinajstić information content (AvgIpc) is 2.99. The standard InChI is InChI=1S/C18H19NO5S/c1-22-12-3-2-4-14(9-12)25(20,21)24-13-5-6-15-16-7-8-19-11-18(16)23-17(15)10-13/h2-6,9-10,16,18-19H,7-8,11H2,1H3. The number of rotatable bonds is 4. The minimum Gasteiger partial charge on any atom is -0.497 e. The van der Waals surface area contributed by atoms with Crippen molar-refractivity contribution in [2.75, 3.05) is 20.2 Å². The van der Waals surface area contributed by atoms with Gasteiger partial charge in [0.1, 0.15) is 28.2 Å². The van der Waals surface area contributed by atoms with Crippen molar-refractivity contribution in [2.45, 2.75) is 23.3 Å². The second-order valence-electron chi connectivity index (χ2n) is 6.17. The number of hydrogen-bond acceptors (Lipinski definition) is 6. The molecule has 0 aliphatic carbocycles. The molecule has 6 nitrogen and oxygen atoms in total. The van der Waals surface area contributed by atoms with Gasteiger partial charge in [0.2, 0.25) is 0 Å². The molecule has 132 valence electrons. The van der Waals surface area contributed by atoms with Crippen molar-refractivity contribution in [1.29, 1.82) is 0 Å². The molecule has 2 heterocycles. The summed E-state index contributed by atoms with van der Waals surface area (Å²) < 4.78 is 41.3. The normalized spacial score (nSPS) is 21.8. The summed E-state index contributed by atoms with van der Waals surface area (Å²) in [7, 11) is -2.45. The van der Waals surface area contributed by atoms with Crippen LogP contribution in [-0.2, 0) is 10.1 Å². The van der Waals surface area contributed by atoms with Crippen LogP contribution in [0, 0.1) is 0 Å². The predicted octanol–water partition coefficient (Wildman–Crippen LogP) is 2.30. The molecule has 2 aromatic carbocycles. The lowest BCUT2D eigenvalue weighted by atomic mass is 9.90. The molecule has 2 aliphatic heterocycles. The lowest BCUT2D eigenvalue weighted by Crippen LogP contribution is -2.39. The third kappa shape index (κ3) is 3.05. The van der Waals surface area contributed by atoms with Gasteiger partial charge in [0.25, 0.3) is 0 Å². The van der Waals surface area contributed by atoms with Crippen molar-refractivity contribution in [3.8, 4) is 17.2 Å². The Kier molecular flexibility index (Phi) is 4.05. The fourth-order valence-corrected chi connectivity index (χ4v) is 4.34. The molecule has 0 aromatic heterocycles. The second kappa shape index (κ2) is 6.24. The van der Waals surface area contributed by atoms with Crippen molar-refractivity contribution in [3.63, 3.8) is 0 Å². The van der Waals surface area contributed by atoms with E-state index in [1.807, 2.05) is 6.07 Å². The molecule has 0 bridgehead atoms. The molecule has 1 fully saturated rings. The third-order valence-corrected chi connectivity index (χ3v) is 5.87. The van der Waals surface area contributed by atoms with Crippen LogP contribution in [0.5, 0.6) is 17.2 Å². The summed E-state index contributed by atoms with van der Waals surface area (Å²) >= 11 is 0. The molecular weight excluding hydrogens is 342 g/mol. The summed E-state index contributed by atoms with van der Waals surface area (Å²) in [4.78, 5) is 0.0473. The molecule has 4 rings (SSSR count). The van der Waals surface area contributed by atoms with Gasteiger partial charge in [0, 0.05) is 30.2 Å². The molecule has 0 amide bonds. The van der Waals surface area contributed by atoms with E-state index in [2.05, 4.69) is 5.32 Å². The Labute approximate surface area is 146 Å². The first kappa shape index (κ1) is 16.2. The second-order valence-corrected chi connectivity index (χ2v) is 7.72. The molecule has 2 aromatic rings. The van der Waals surface area contributed by atoms with E-state index in [1.54, 1.807) is 24.3 Å². The van der Waals surface area contributed by atoms with Crippen LogP contribution in [0.2, 0.25) is 0 Å². The SMILES string of the molecule is COc1cccc(S(=O)(=O)Oc2ccc3c(c2)OC2CNCCC32)c1. The Bertz CT molecular complexity index is 896. The molecule has 1 saturated heterocycles. The maximum atomic E-state index is 12.5. The van der Waals surface area contributed by atoms with E-state index < -0.39 is 10.1 Å². The first-order chi connectivity index (χ1) is 12.1. The van der Waals surface area contributed by atoms with Gasteiger partial charge in [-0.2, -0.15) is 8.42 Å². The van der Waals surface area contributed by atoms with Gasteiger partial charge in [-0.1, -0.05) is 12.1 Å². The summed E-state index contributed by atoms with van der Waals surface area (Å²) in [6.07, 6.45) is 1.12. The Morgan fingerprint density at radius 1 is 1.16 bits per heavy atom. The molecule has 1 N–H and O–H groups in total. The number of methoxy groups -OCH3 is 1. The molecule has 0 spiro atoms. The predicted molar refractivity (Wildman–Crippen MR) is 91.9 cm³/mol. The van der Waals surface area contributed by atoms with E-state index in [9.17, 15) is 8.42 Å². The molecule has 2 aliphatic rings. The summed E-state index contributed by atoms with van der Waals surface area (Å²) in [5.74, 6) is 1.77. The summed E-state index contributed by atoms with van der Waals surface area (Å²) in [6.45, 7) is 1.77. The maximum Gasteiger partial charge on any atom is 0.339 e. The zero-order valence-corrected chi connectivity index (χ0v) is 14.6. The first-order valence-electron chi connectivity index (χ1n) is 8.17. The highest BCUT2D eigenvalue weighted by atomic mass is 32.2. The van der Waals surface area contributed by atoms with Crippen LogP contribution in [0.15, 0.2) is 47.4 Å². The van der Waals surface area contributed by atoms with Crippen molar-refractivity contribution >= 4 is 10.1 Å². The van der Waals surface area contributed by atoms with Gasteiger partial charge >= 0.3 is 10.1 Å². The van der Waals surface area contributed by atoms with Crippen molar-refractivity contribution in [3.05, 3.63) is 48.0 Å². The van der Waals surface area contributed by atoms with Gasteiger partial charge in [-0.3, -0.25) is 0 Å². The smallest absolute Gasteiger partial charge is 0.339 e. The fraction of sp³-hybridized carbons (Fsp3) is 0.333. The zero-order valence-electron chi connectivity index (χ0n) is 13.8. The Hall–Kier alpha value is -2.25. The quantitative estimate of drug-likeness (QED) is 0.843. The molecule has 0 radical (unpaired) electrons. The van der Waals surface area contributed by atoms with Gasteiger partial charge in [0.05, 0.1) is 7.11 Å². The number of fused-ring (bicyclic) bond motifs is 3. The van der Waals surface area contributed by atoms with Crippen molar-refractivity contribution < 1.29 is 22.1 Å². The van der Waals surface area contributed by atoms with Crippen LogP contribution in [-0.4, -0.2) is 34.7 Å². The van der Waals surface area contributed by atoms with E-state index in [4.69, 9.17) is 13.7 Å². The van der Waals surface area contributed by atoms with Gasteiger partial charge < -0.3 is 19.0 Å². The zero-order chi connectivity index (χ0) is 17.4. The summed E-state index contributed by atoms with van der Waals surface area (Å²) in [5, 5.41) is 3.31. The summed E-state index contributed by atoms with van der Waals surface area (Å²) in [5.41, 5.74) is 1.12.